The van der Waals surface area contributed by atoms with Gasteiger partial charge in [-0.25, -0.2) is 8.42 Å². The number of likely N-dealkylation sites (N-methyl/N-ethyl adjacent to an activating group) is 1. The van der Waals surface area contributed by atoms with E-state index in [2.05, 4.69) is 5.32 Å². The van der Waals surface area contributed by atoms with E-state index < -0.39 is 28.5 Å². The van der Waals surface area contributed by atoms with Crippen LogP contribution in [0.25, 0.3) is 0 Å². The van der Waals surface area contributed by atoms with Gasteiger partial charge in [-0.1, -0.05) is 67.1 Å². The van der Waals surface area contributed by atoms with E-state index in [4.69, 9.17) is 0 Å². The molecule has 8 heteroatoms. The first-order valence-electron chi connectivity index (χ1n) is 11.9. The van der Waals surface area contributed by atoms with Crippen molar-refractivity contribution in [3.05, 3.63) is 95.6 Å². The van der Waals surface area contributed by atoms with Crippen molar-refractivity contribution in [2.24, 2.45) is 0 Å². The molecular weight excluding hydrogens is 474 g/mol. The Hall–Kier alpha value is -3.65. The molecule has 0 saturated heterocycles. The Morgan fingerprint density at radius 3 is 2.08 bits per heavy atom. The molecule has 3 aromatic rings. The molecule has 0 fully saturated rings. The molecule has 0 heterocycles. The van der Waals surface area contributed by atoms with Gasteiger partial charge < -0.3 is 10.2 Å². The summed E-state index contributed by atoms with van der Waals surface area (Å²) in [5, 5.41) is 2.63. The van der Waals surface area contributed by atoms with Gasteiger partial charge in [0.2, 0.25) is 11.8 Å². The zero-order chi connectivity index (χ0) is 26.3. The molecule has 1 atom stereocenters. The number of hydrogen-bond donors (Lipinski definition) is 1. The van der Waals surface area contributed by atoms with E-state index in [0.717, 1.165) is 21.0 Å². The monoisotopic (exact) mass is 507 g/mol. The molecule has 3 rings (SSSR count). The smallest absolute Gasteiger partial charge is 0.264 e. The Balaban J connectivity index is 2.05. The zero-order valence-corrected chi connectivity index (χ0v) is 22.0. The summed E-state index contributed by atoms with van der Waals surface area (Å²) in [6.07, 6.45) is 0.382. The molecule has 2 amide bonds. The van der Waals surface area contributed by atoms with Gasteiger partial charge in [0, 0.05) is 13.6 Å². The minimum absolute atomic E-state index is 0.0853. The Kier molecular flexibility index (Phi) is 8.88. The molecule has 0 aromatic heterocycles. The first-order valence-corrected chi connectivity index (χ1v) is 13.3. The van der Waals surface area contributed by atoms with Gasteiger partial charge in [-0.05, 0) is 55.7 Å². The molecule has 7 nitrogen and oxygen atoms in total. The molecule has 0 aliphatic rings. The number of carbonyl (C=O) groups excluding carboxylic acids is 2. The van der Waals surface area contributed by atoms with Gasteiger partial charge in [0.1, 0.15) is 12.6 Å². The quantitative estimate of drug-likeness (QED) is 0.449. The molecule has 0 aliphatic carbocycles. The van der Waals surface area contributed by atoms with E-state index >= 15 is 0 Å². The fourth-order valence-corrected chi connectivity index (χ4v) is 5.45. The number of carbonyl (C=O) groups is 2. The summed E-state index contributed by atoms with van der Waals surface area (Å²) < 4.78 is 28.5. The maximum atomic E-state index is 13.8. The van der Waals surface area contributed by atoms with E-state index in [1.165, 1.54) is 24.1 Å². The Morgan fingerprint density at radius 2 is 1.50 bits per heavy atom. The maximum absolute atomic E-state index is 13.8. The summed E-state index contributed by atoms with van der Waals surface area (Å²) in [5.74, 6) is -0.763. The maximum Gasteiger partial charge on any atom is 0.264 e. The van der Waals surface area contributed by atoms with Crippen LogP contribution in [0.4, 0.5) is 5.69 Å². The third-order valence-electron chi connectivity index (χ3n) is 6.17. The van der Waals surface area contributed by atoms with Crippen LogP contribution in [-0.4, -0.2) is 44.8 Å². The van der Waals surface area contributed by atoms with E-state index in [-0.39, 0.29) is 17.3 Å². The Bertz CT molecular complexity index is 1290. The van der Waals surface area contributed by atoms with Crippen LogP contribution in [-0.2, 0) is 26.2 Å². The van der Waals surface area contributed by atoms with Crippen molar-refractivity contribution in [2.75, 3.05) is 17.9 Å². The van der Waals surface area contributed by atoms with Gasteiger partial charge >= 0.3 is 0 Å². The van der Waals surface area contributed by atoms with Crippen LogP contribution in [0.3, 0.4) is 0 Å². The van der Waals surface area contributed by atoms with Crippen molar-refractivity contribution in [1.29, 1.82) is 0 Å². The minimum atomic E-state index is -4.05. The molecule has 36 heavy (non-hydrogen) atoms. The number of nitrogens with zero attached hydrogens (tertiary/aromatic N) is 2. The third-order valence-corrected chi connectivity index (χ3v) is 7.95. The van der Waals surface area contributed by atoms with E-state index in [1.54, 1.807) is 42.5 Å². The van der Waals surface area contributed by atoms with E-state index in [1.807, 2.05) is 45.0 Å². The van der Waals surface area contributed by atoms with Gasteiger partial charge in [0.15, 0.2) is 0 Å². The molecule has 190 valence electrons. The van der Waals surface area contributed by atoms with Crippen LogP contribution in [0.2, 0.25) is 0 Å². The highest BCUT2D eigenvalue weighted by Gasteiger charge is 2.33. The molecule has 0 saturated carbocycles. The van der Waals surface area contributed by atoms with Crippen molar-refractivity contribution in [3.8, 4) is 0 Å². The molecule has 0 unspecified atom stereocenters. The summed E-state index contributed by atoms with van der Waals surface area (Å²) in [7, 11) is -2.52. The second-order valence-electron chi connectivity index (χ2n) is 8.65. The standard InChI is InChI=1S/C28H33N3O4S/c1-5-26(28(33)29-4)30(19-23-12-10-9-11-22(23)3)27(32)20-31(24-17-15-21(2)16-18-24)36(34,35)25-13-7-6-8-14-25/h6-18,26H,5,19-20H2,1-4H3,(H,29,33)/t26-/m0/s1. The summed E-state index contributed by atoms with van der Waals surface area (Å²) in [6, 6.07) is 21.9. The van der Waals surface area contributed by atoms with Crippen molar-refractivity contribution < 1.29 is 18.0 Å². The first-order chi connectivity index (χ1) is 17.2. The SMILES string of the molecule is CC[C@@H](C(=O)NC)N(Cc1ccccc1C)C(=O)CN(c1ccc(C)cc1)S(=O)(=O)c1ccccc1. The zero-order valence-electron chi connectivity index (χ0n) is 21.1. The van der Waals surface area contributed by atoms with Crippen molar-refractivity contribution >= 4 is 27.5 Å². The minimum Gasteiger partial charge on any atom is -0.357 e. The number of anilines is 1. The molecule has 0 spiro atoms. The number of nitrogens with one attached hydrogen (secondary N) is 1. The fraction of sp³-hybridized carbons (Fsp3) is 0.286. The van der Waals surface area contributed by atoms with Crippen LogP contribution in [0.1, 0.15) is 30.0 Å². The largest absolute Gasteiger partial charge is 0.357 e. The number of benzene rings is 3. The number of hydrogen-bond acceptors (Lipinski definition) is 4. The lowest BCUT2D eigenvalue weighted by Gasteiger charge is -2.33. The molecule has 3 aromatic carbocycles. The highest BCUT2D eigenvalue weighted by Crippen LogP contribution is 2.25. The van der Waals surface area contributed by atoms with Gasteiger partial charge in [-0.3, -0.25) is 13.9 Å². The molecule has 0 aliphatic heterocycles. The lowest BCUT2D eigenvalue weighted by atomic mass is 10.1. The second kappa shape index (κ2) is 11.9. The second-order valence-corrected chi connectivity index (χ2v) is 10.5. The normalized spacial score (nSPS) is 12.0. The van der Waals surface area contributed by atoms with Gasteiger partial charge in [-0.2, -0.15) is 0 Å². The van der Waals surface area contributed by atoms with Crippen molar-refractivity contribution in [3.63, 3.8) is 0 Å². The topological polar surface area (TPSA) is 86.8 Å². The summed E-state index contributed by atoms with van der Waals surface area (Å²) >= 11 is 0. The van der Waals surface area contributed by atoms with Crippen LogP contribution in [0.5, 0.6) is 0 Å². The molecule has 1 N–H and O–H groups in total. The highest BCUT2D eigenvalue weighted by atomic mass is 32.2. The molecule has 0 radical (unpaired) electrons. The number of rotatable bonds is 10. The number of aryl methyl sites for hydroxylation is 2. The van der Waals surface area contributed by atoms with Crippen LogP contribution in [0, 0.1) is 13.8 Å². The van der Waals surface area contributed by atoms with Gasteiger partial charge in [0.05, 0.1) is 10.6 Å². The third kappa shape index (κ3) is 6.12. The average Bonchev–Trinajstić information content (AvgIpc) is 2.89. The van der Waals surface area contributed by atoms with Crippen LogP contribution in [0.15, 0.2) is 83.8 Å². The highest BCUT2D eigenvalue weighted by molar-refractivity contribution is 7.92. The van der Waals surface area contributed by atoms with Crippen LogP contribution < -0.4 is 9.62 Å². The average molecular weight is 508 g/mol. The van der Waals surface area contributed by atoms with Crippen LogP contribution >= 0.6 is 0 Å². The summed E-state index contributed by atoms with van der Waals surface area (Å²) in [6.45, 7) is 5.42. The molecular formula is C28H33N3O4S. The Labute approximate surface area is 213 Å². The van der Waals surface area contributed by atoms with Gasteiger partial charge in [0.25, 0.3) is 10.0 Å². The van der Waals surface area contributed by atoms with Crippen molar-refractivity contribution in [2.45, 2.75) is 44.7 Å². The Morgan fingerprint density at radius 1 is 0.889 bits per heavy atom. The lowest BCUT2D eigenvalue weighted by molar-refractivity contribution is -0.140. The van der Waals surface area contributed by atoms with E-state index in [0.29, 0.717) is 12.1 Å². The summed E-state index contributed by atoms with van der Waals surface area (Å²) in [5.41, 5.74) is 3.21. The predicted molar refractivity (Wildman–Crippen MR) is 142 cm³/mol. The van der Waals surface area contributed by atoms with Crippen molar-refractivity contribution in [1.82, 2.24) is 10.2 Å². The van der Waals surface area contributed by atoms with Gasteiger partial charge in [-0.15, -0.1) is 0 Å². The predicted octanol–water partition coefficient (Wildman–Crippen LogP) is 4.05. The lowest BCUT2D eigenvalue weighted by Crippen LogP contribution is -2.51. The number of sulfonamides is 1. The fourth-order valence-electron chi connectivity index (χ4n) is 4.02. The first kappa shape index (κ1) is 26.9. The summed E-state index contributed by atoms with van der Waals surface area (Å²) in [4.78, 5) is 28.1. The number of amides is 2. The van der Waals surface area contributed by atoms with E-state index in [9.17, 15) is 18.0 Å². The molecule has 0 bridgehead atoms.